The van der Waals surface area contributed by atoms with Crippen LogP contribution in [0.15, 0.2) is 52.1 Å². The van der Waals surface area contributed by atoms with Crippen molar-refractivity contribution in [1.82, 2.24) is 14.7 Å². The molecule has 29 heavy (non-hydrogen) atoms. The molecule has 8 heteroatoms. The summed E-state index contributed by atoms with van der Waals surface area (Å²) in [7, 11) is 1.68. The molecule has 1 fully saturated rings. The van der Waals surface area contributed by atoms with E-state index in [0.717, 1.165) is 29.4 Å². The average Bonchev–Trinajstić information content (AvgIpc) is 3.42. The topological polar surface area (TPSA) is 72.4 Å². The lowest BCUT2D eigenvalue weighted by atomic mass is 10.1. The molecule has 2 aromatic rings. The average molecular weight is 392 g/mol. The Labute approximate surface area is 168 Å². The van der Waals surface area contributed by atoms with E-state index in [9.17, 15) is 9.59 Å². The van der Waals surface area contributed by atoms with E-state index in [-0.39, 0.29) is 18.5 Å². The first-order chi connectivity index (χ1) is 14.0. The van der Waals surface area contributed by atoms with Crippen molar-refractivity contribution in [3.63, 3.8) is 0 Å². The van der Waals surface area contributed by atoms with Crippen LogP contribution >= 0.6 is 0 Å². The van der Waals surface area contributed by atoms with Crippen molar-refractivity contribution in [3.8, 4) is 0 Å². The molecule has 3 aliphatic rings. The fourth-order valence-electron chi connectivity index (χ4n) is 4.19. The molecular formula is C21H22N5O3+. The molecule has 5 rings (SSSR count). The third-order valence-electron chi connectivity index (χ3n) is 5.63. The maximum Gasteiger partial charge on any atom is 0.393 e. The minimum atomic E-state index is -0.556. The van der Waals surface area contributed by atoms with Gasteiger partial charge < -0.3 is 4.42 Å². The largest absolute Gasteiger partial charge is 0.466 e. The van der Waals surface area contributed by atoms with Crippen LogP contribution in [0.25, 0.3) is 0 Å². The molecule has 8 nitrogen and oxygen atoms in total. The fraction of sp³-hybridized carbons (Fsp3) is 0.333. The Morgan fingerprint density at radius 2 is 2.10 bits per heavy atom. The van der Waals surface area contributed by atoms with E-state index in [1.165, 1.54) is 9.80 Å². The molecule has 0 bridgehead atoms. The number of imide groups is 1. The number of hydrogen-bond acceptors (Lipinski definition) is 5. The standard InChI is InChI=1S/C21H22N5O3/c1-14-5-3-6-15(11-14)12-26-19(27)17-18(23(2)21(26)28)22-20-24(8-9-25(17)20)13-16-7-4-10-29-16/h3-7,10-11,17H,8-9,12-13H2,1-2H3/q+1. The Morgan fingerprint density at radius 1 is 1.24 bits per heavy atom. The molecule has 148 valence electrons. The monoisotopic (exact) mass is 392 g/mol. The van der Waals surface area contributed by atoms with Gasteiger partial charge in [0.1, 0.15) is 12.3 Å². The lowest BCUT2D eigenvalue weighted by molar-refractivity contribution is -0.537. The van der Waals surface area contributed by atoms with Gasteiger partial charge in [-0.05, 0) is 24.6 Å². The molecule has 1 unspecified atom stereocenters. The van der Waals surface area contributed by atoms with Gasteiger partial charge in [-0.3, -0.25) is 19.2 Å². The van der Waals surface area contributed by atoms with Crippen LogP contribution in [0.1, 0.15) is 16.9 Å². The van der Waals surface area contributed by atoms with E-state index >= 15 is 0 Å². The van der Waals surface area contributed by atoms with Crippen molar-refractivity contribution >= 4 is 23.7 Å². The predicted octanol–water partition coefficient (Wildman–Crippen LogP) is 1.65. The van der Waals surface area contributed by atoms with Crippen molar-refractivity contribution in [2.45, 2.75) is 26.1 Å². The number of amidine groups is 1. The van der Waals surface area contributed by atoms with Gasteiger partial charge in [0.05, 0.1) is 25.9 Å². The number of carbonyl (C=O) groups is 2. The van der Waals surface area contributed by atoms with Crippen LogP contribution < -0.4 is 0 Å². The van der Waals surface area contributed by atoms with Gasteiger partial charge in [-0.1, -0.05) is 34.8 Å². The Bertz CT molecular complexity index is 1060. The number of aliphatic imine (C=N–C) groups is 1. The van der Waals surface area contributed by atoms with Crippen LogP contribution in [0.2, 0.25) is 0 Å². The number of carbonyl (C=O) groups excluding carboxylic acids is 2. The van der Waals surface area contributed by atoms with E-state index in [1.807, 2.05) is 48.2 Å². The van der Waals surface area contributed by atoms with Crippen molar-refractivity contribution in [3.05, 3.63) is 59.5 Å². The quantitative estimate of drug-likeness (QED) is 0.742. The molecule has 0 saturated carbocycles. The number of hydrogen-bond donors (Lipinski definition) is 0. The Hall–Kier alpha value is -3.42. The van der Waals surface area contributed by atoms with Crippen molar-refractivity contribution in [2.24, 2.45) is 4.99 Å². The number of aryl methyl sites for hydroxylation is 1. The molecule has 1 aromatic carbocycles. The first kappa shape index (κ1) is 17.7. The van der Waals surface area contributed by atoms with Gasteiger partial charge in [0.15, 0.2) is 0 Å². The van der Waals surface area contributed by atoms with Gasteiger partial charge in [0, 0.05) is 7.05 Å². The van der Waals surface area contributed by atoms with Crippen molar-refractivity contribution < 1.29 is 18.6 Å². The second-order valence-electron chi connectivity index (χ2n) is 7.62. The number of fused-ring (bicyclic) bond motifs is 3. The number of nitrogens with zero attached hydrogens (tertiary/aromatic N) is 5. The number of urea groups is 1. The molecule has 0 spiro atoms. The summed E-state index contributed by atoms with van der Waals surface area (Å²) >= 11 is 0. The molecule has 1 aromatic heterocycles. The Morgan fingerprint density at radius 3 is 2.86 bits per heavy atom. The first-order valence-corrected chi connectivity index (χ1v) is 9.67. The van der Waals surface area contributed by atoms with Crippen molar-refractivity contribution in [2.75, 3.05) is 20.1 Å². The highest BCUT2D eigenvalue weighted by Gasteiger charge is 2.57. The molecule has 3 amide bonds. The number of furan rings is 1. The summed E-state index contributed by atoms with van der Waals surface area (Å²) in [6.45, 7) is 4.27. The van der Waals surface area contributed by atoms with Crippen molar-refractivity contribution in [1.29, 1.82) is 0 Å². The summed E-state index contributed by atoms with van der Waals surface area (Å²) in [5.74, 6) is 1.85. The molecule has 0 radical (unpaired) electrons. The third-order valence-corrected chi connectivity index (χ3v) is 5.63. The van der Waals surface area contributed by atoms with Gasteiger partial charge in [-0.25, -0.2) is 9.69 Å². The van der Waals surface area contributed by atoms with E-state index in [0.29, 0.717) is 18.9 Å². The maximum absolute atomic E-state index is 13.3. The smallest absolute Gasteiger partial charge is 0.393 e. The SMILES string of the molecule is Cc1cccc(CN2C(=O)C3C(=NC4=[N+](Cc5ccco5)CCN43)N(C)C2=O)c1. The predicted molar refractivity (Wildman–Crippen MR) is 105 cm³/mol. The highest BCUT2D eigenvalue weighted by Crippen LogP contribution is 2.27. The van der Waals surface area contributed by atoms with E-state index < -0.39 is 6.04 Å². The number of rotatable bonds is 4. The summed E-state index contributed by atoms with van der Waals surface area (Å²) < 4.78 is 7.54. The van der Waals surface area contributed by atoms with E-state index in [1.54, 1.807) is 13.3 Å². The lowest BCUT2D eigenvalue weighted by Gasteiger charge is -2.34. The highest BCUT2D eigenvalue weighted by atomic mass is 16.3. The first-order valence-electron chi connectivity index (χ1n) is 9.67. The van der Waals surface area contributed by atoms with Crippen LogP contribution in [0.3, 0.4) is 0 Å². The van der Waals surface area contributed by atoms with Gasteiger partial charge in [-0.15, -0.1) is 0 Å². The molecule has 0 N–H and O–H groups in total. The van der Waals surface area contributed by atoms with Gasteiger partial charge in [0.2, 0.25) is 11.9 Å². The minimum absolute atomic E-state index is 0.219. The number of likely N-dealkylation sites (N-methyl/N-ethyl adjacent to an activating group) is 1. The molecule has 3 aliphatic heterocycles. The van der Waals surface area contributed by atoms with Crippen LogP contribution in [0.5, 0.6) is 0 Å². The van der Waals surface area contributed by atoms with Crippen LogP contribution in [0.4, 0.5) is 4.79 Å². The summed E-state index contributed by atoms with van der Waals surface area (Å²) in [5.41, 5.74) is 2.03. The summed E-state index contributed by atoms with van der Waals surface area (Å²) in [6, 6.07) is 10.7. The Balaban J connectivity index is 1.45. The number of guanidine groups is 1. The highest BCUT2D eigenvalue weighted by molar-refractivity contribution is 6.25. The zero-order valence-corrected chi connectivity index (χ0v) is 16.4. The zero-order chi connectivity index (χ0) is 20.1. The number of benzene rings is 1. The zero-order valence-electron chi connectivity index (χ0n) is 16.4. The lowest BCUT2D eigenvalue weighted by Crippen LogP contribution is -2.63. The third kappa shape index (κ3) is 2.83. The van der Waals surface area contributed by atoms with Crippen LogP contribution in [0, 0.1) is 6.92 Å². The van der Waals surface area contributed by atoms with Gasteiger partial charge >= 0.3 is 12.0 Å². The van der Waals surface area contributed by atoms with Crippen LogP contribution in [-0.4, -0.2) is 69.2 Å². The summed E-state index contributed by atoms with van der Waals surface area (Å²) in [5, 5.41) is 0. The summed E-state index contributed by atoms with van der Waals surface area (Å²) in [6.07, 6.45) is 1.65. The number of amides is 3. The second kappa shape index (κ2) is 6.58. The van der Waals surface area contributed by atoms with Crippen LogP contribution in [-0.2, 0) is 17.9 Å². The van der Waals surface area contributed by atoms with Gasteiger partial charge in [-0.2, -0.15) is 0 Å². The minimum Gasteiger partial charge on any atom is -0.466 e. The maximum atomic E-state index is 13.3. The second-order valence-corrected chi connectivity index (χ2v) is 7.62. The molecular weight excluding hydrogens is 370 g/mol. The molecule has 1 saturated heterocycles. The Kier molecular flexibility index (Phi) is 4.01. The molecule has 0 aliphatic carbocycles. The van der Waals surface area contributed by atoms with E-state index in [4.69, 9.17) is 4.42 Å². The fourth-order valence-corrected chi connectivity index (χ4v) is 4.19. The van der Waals surface area contributed by atoms with E-state index in [2.05, 4.69) is 9.57 Å². The molecule has 4 heterocycles. The normalized spacial score (nSPS) is 21.1. The molecule has 1 atom stereocenters. The van der Waals surface area contributed by atoms with Gasteiger partial charge in [0.25, 0.3) is 5.91 Å². The summed E-state index contributed by atoms with van der Waals surface area (Å²) in [4.78, 5) is 35.7.